The molecule has 0 radical (unpaired) electrons. The second kappa shape index (κ2) is 8.49. The molecule has 0 saturated heterocycles. The van der Waals surface area contributed by atoms with Gasteiger partial charge in [-0.15, -0.1) is 0 Å². The van der Waals surface area contributed by atoms with Gasteiger partial charge >= 0.3 is 0 Å². The van der Waals surface area contributed by atoms with E-state index in [4.69, 9.17) is 18.9 Å². The molecule has 3 heterocycles. The van der Waals surface area contributed by atoms with Gasteiger partial charge in [0.25, 0.3) is 5.91 Å². The summed E-state index contributed by atoms with van der Waals surface area (Å²) in [5.74, 6) is 1.06. The third-order valence-corrected chi connectivity index (χ3v) is 7.15. The molecular weight excluding hydrogens is 476 g/mol. The third kappa shape index (κ3) is 3.53. The van der Waals surface area contributed by atoms with Crippen LogP contribution in [0.2, 0.25) is 0 Å². The van der Waals surface area contributed by atoms with Crippen LogP contribution < -0.4 is 19.8 Å². The zero-order valence-electron chi connectivity index (χ0n) is 19.8. The first-order valence-electron chi connectivity index (χ1n) is 11.5. The van der Waals surface area contributed by atoms with Gasteiger partial charge in [0.15, 0.2) is 10.6 Å². The molecule has 2 aromatic heterocycles. The predicted octanol–water partition coefficient (Wildman–Crippen LogP) is 5.95. The molecule has 0 unspecified atom stereocenters. The highest BCUT2D eigenvalue weighted by Crippen LogP contribution is 2.44. The molecule has 1 atom stereocenters. The Hall–Kier alpha value is -4.17. The number of fused-ring (bicyclic) bond motifs is 3. The molecule has 0 aliphatic carbocycles. The van der Waals surface area contributed by atoms with Gasteiger partial charge in [0, 0.05) is 0 Å². The van der Waals surface area contributed by atoms with Crippen molar-refractivity contribution in [1.29, 1.82) is 0 Å². The van der Waals surface area contributed by atoms with Crippen molar-refractivity contribution < 1.29 is 18.7 Å². The quantitative estimate of drug-likeness (QED) is 0.298. The van der Waals surface area contributed by atoms with Crippen molar-refractivity contribution in [3.8, 4) is 11.5 Å². The second-order valence-corrected chi connectivity index (χ2v) is 9.82. The van der Waals surface area contributed by atoms with E-state index in [1.54, 1.807) is 36.3 Å². The smallest absolute Gasteiger partial charge is 0.297 e. The normalized spacial score (nSPS) is 15.2. The lowest BCUT2D eigenvalue weighted by Gasteiger charge is -2.22. The largest absolute Gasteiger partial charge is 0.497 e. The lowest BCUT2D eigenvalue weighted by Crippen LogP contribution is -2.29. The number of hydrogen-bond donors (Lipinski definition) is 0. The van der Waals surface area contributed by atoms with Crippen LogP contribution in [0.25, 0.3) is 21.2 Å². The number of carbonyl (C=O) groups excluding carboxylic acids is 1. The Morgan fingerprint density at radius 2 is 1.75 bits per heavy atom. The third-order valence-electron chi connectivity index (χ3n) is 6.14. The number of carbonyl (C=O) groups is 1. The first-order valence-corrected chi connectivity index (χ1v) is 12.4. The number of thiazole rings is 1. The van der Waals surface area contributed by atoms with Crippen LogP contribution in [0.5, 0.6) is 11.5 Å². The van der Waals surface area contributed by atoms with Crippen molar-refractivity contribution in [2.45, 2.75) is 26.0 Å². The number of amides is 1. The van der Waals surface area contributed by atoms with E-state index in [9.17, 15) is 9.59 Å². The van der Waals surface area contributed by atoms with Crippen LogP contribution >= 0.6 is 11.3 Å². The number of rotatable bonds is 5. The Morgan fingerprint density at radius 3 is 2.50 bits per heavy atom. The molecule has 8 heteroatoms. The first-order chi connectivity index (χ1) is 17.4. The van der Waals surface area contributed by atoms with E-state index >= 15 is 0 Å². The fraction of sp³-hybridized carbons (Fsp3) is 0.179. The predicted molar refractivity (Wildman–Crippen MR) is 140 cm³/mol. The molecule has 1 aliphatic rings. The van der Waals surface area contributed by atoms with E-state index in [1.807, 2.05) is 56.3 Å². The zero-order valence-corrected chi connectivity index (χ0v) is 20.7. The van der Waals surface area contributed by atoms with Crippen LogP contribution in [-0.2, 0) is 0 Å². The molecule has 1 amide bonds. The number of para-hydroxylation sites is 1. The molecule has 6 rings (SSSR count). The van der Waals surface area contributed by atoms with E-state index in [2.05, 4.69) is 0 Å². The molecule has 0 saturated carbocycles. The Bertz CT molecular complexity index is 1690. The van der Waals surface area contributed by atoms with Gasteiger partial charge in [-0.2, -0.15) is 0 Å². The lowest BCUT2D eigenvalue weighted by atomic mass is 9.98. The van der Waals surface area contributed by atoms with Crippen molar-refractivity contribution >= 4 is 43.6 Å². The SMILES string of the molecule is COc1ccc2nc(N3C(=O)c4oc5ccccc5c(=O)c4[C@H]3c3ccc(OC(C)C)cc3)sc2c1. The van der Waals surface area contributed by atoms with Gasteiger partial charge in [0.2, 0.25) is 5.76 Å². The minimum absolute atomic E-state index is 0.0271. The van der Waals surface area contributed by atoms with Crippen molar-refractivity contribution in [2.24, 2.45) is 0 Å². The number of ether oxygens (including phenoxy) is 2. The van der Waals surface area contributed by atoms with Gasteiger partial charge in [0.05, 0.1) is 40.4 Å². The highest BCUT2D eigenvalue weighted by Gasteiger charge is 2.45. The summed E-state index contributed by atoms with van der Waals surface area (Å²) in [7, 11) is 1.61. The molecule has 0 fully saturated rings. The number of aromatic nitrogens is 1. The molecule has 0 N–H and O–H groups in total. The van der Waals surface area contributed by atoms with E-state index in [0.29, 0.717) is 33.2 Å². The number of benzene rings is 3. The number of methoxy groups -OCH3 is 1. The van der Waals surface area contributed by atoms with Gasteiger partial charge in [-0.3, -0.25) is 14.5 Å². The Balaban J connectivity index is 1.56. The highest BCUT2D eigenvalue weighted by atomic mass is 32.1. The molecule has 0 spiro atoms. The standard InChI is InChI=1S/C28H22N2O5S/c1-15(2)34-17-10-8-16(9-11-17)24-23-25(31)19-6-4-5-7-21(19)35-26(23)27(32)30(24)28-29-20-13-12-18(33-3)14-22(20)36-28/h4-15,24H,1-3H3/t24-/m1/s1. The molecule has 1 aliphatic heterocycles. The summed E-state index contributed by atoms with van der Waals surface area (Å²) in [6.07, 6.45) is 0.0271. The molecule has 5 aromatic rings. The monoisotopic (exact) mass is 498 g/mol. The van der Waals surface area contributed by atoms with Gasteiger partial charge in [-0.05, 0) is 61.9 Å². The summed E-state index contributed by atoms with van der Waals surface area (Å²) >= 11 is 1.36. The van der Waals surface area contributed by atoms with E-state index in [-0.39, 0.29) is 17.3 Å². The van der Waals surface area contributed by atoms with Crippen molar-refractivity contribution in [2.75, 3.05) is 12.0 Å². The Kier molecular flexibility index (Phi) is 5.26. The molecule has 0 bridgehead atoms. The van der Waals surface area contributed by atoms with Crippen LogP contribution in [0.3, 0.4) is 0 Å². The average molecular weight is 499 g/mol. The summed E-state index contributed by atoms with van der Waals surface area (Å²) in [6, 6.07) is 19.3. The fourth-order valence-electron chi connectivity index (χ4n) is 4.56. The number of nitrogens with zero attached hydrogens (tertiary/aromatic N) is 2. The van der Waals surface area contributed by atoms with Gasteiger partial charge in [-0.25, -0.2) is 4.98 Å². The highest BCUT2D eigenvalue weighted by molar-refractivity contribution is 7.22. The Morgan fingerprint density at radius 1 is 1.00 bits per heavy atom. The molecular formula is C28H22N2O5S. The van der Waals surface area contributed by atoms with Crippen LogP contribution in [0.15, 0.2) is 75.9 Å². The molecule has 180 valence electrons. The van der Waals surface area contributed by atoms with E-state index in [1.165, 1.54) is 11.3 Å². The summed E-state index contributed by atoms with van der Waals surface area (Å²) in [6.45, 7) is 3.92. The molecule has 36 heavy (non-hydrogen) atoms. The number of hydrogen-bond acceptors (Lipinski definition) is 7. The maximum absolute atomic E-state index is 13.8. The minimum Gasteiger partial charge on any atom is -0.497 e. The maximum atomic E-state index is 13.8. The van der Waals surface area contributed by atoms with Crippen LogP contribution in [0, 0.1) is 0 Å². The lowest BCUT2D eigenvalue weighted by molar-refractivity contribution is 0.0971. The van der Waals surface area contributed by atoms with Crippen LogP contribution in [0.1, 0.15) is 41.6 Å². The van der Waals surface area contributed by atoms with Crippen molar-refractivity contribution in [3.63, 3.8) is 0 Å². The van der Waals surface area contributed by atoms with Crippen LogP contribution in [0.4, 0.5) is 5.13 Å². The number of anilines is 1. The van der Waals surface area contributed by atoms with E-state index < -0.39 is 11.9 Å². The summed E-state index contributed by atoms with van der Waals surface area (Å²) in [4.78, 5) is 33.8. The summed E-state index contributed by atoms with van der Waals surface area (Å²) in [5.41, 5.74) is 1.97. The van der Waals surface area contributed by atoms with Gasteiger partial charge < -0.3 is 13.9 Å². The van der Waals surface area contributed by atoms with Crippen LogP contribution in [-0.4, -0.2) is 24.1 Å². The maximum Gasteiger partial charge on any atom is 0.297 e. The van der Waals surface area contributed by atoms with Gasteiger partial charge in [0.1, 0.15) is 17.1 Å². The molecule has 3 aromatic carbocycles. The zero-order chi connectivity index (χ0) is 25.0. The molecule has 7 nitrogen and oxygen atoms in total. The Labute approximate surface area is 210 Å². The first kappa shape index (κ1) is 22.3. The minimum atomic E-state index is -0.691. The van der Waals surface area contributed by atoms with Gasteiger partial charge in [-0.1, -0.05) is 35.6 Å². The van der Waals surface area contributed by atoms with E-state index in [0.717, 1.165) is 15.8 Å². The fourth-order valence-corrected chi connectivity index (χ4v) is 5.58. The average Bonchev–Trinajstić information content (AvgIpc) is 3.42. The van der Waals surface area contributed by atoms with Crippen molar-refractivity contribution in [1.82, 2.24) is 4.98 Å². The summed E-state index contributed by atoms with van der Waals surface area (Å²) < 4.78 is 18.0. The second-order valence-electron chi connectivity index (χ2n) is 8.81. The summed E-state index contributed by atoms with van der Waals surface area (Å²) in [5, 5.41) is 0.912. The van der Waals surface area contributed by atoms with Crippen molar-refractivity contribution in [3.05, 3.63) is 93.8 Å². The topological polar surface area (TPSA) is 81.9 Å².